The van der Waals surface area contributed by atoms with Crippen molar-refractivity contribution < 1.29 is 23.7 Å². The van der Waals surface area contributed by atoms with Crippen molar-refractivity contribution in [3.05, 3.63) is 12.2 Å². The van der Waals surface area contributed by atoms with Gasteiger partial charge in [0.05, 0.1) is 33.0 Å². The van der Waals surface area contributed by atoms with E-state index in [4.69, 9.17) is 18.9 Å². The van der Waals surface area contributed by atoms with Crippen LogP contribution < -0.4 is 0 Å². The maximum Gasteiger partial charge on any atom is 0.333 e. The monoisotopic (exact) mass is 330 g/mol. The van der Waals surface area contributed by atoms with Crippen molar-refractivity contribution >= 4 is 5.97 Å². The van der Waals surface area contributed by atoms with Gasteiger partial charge in [-0.25, -0.2) is 4.79 Å². The molecule has 1 atom stereocenters. The third kappa shape index (κ3) is 14.4. The summed E-state index contributed by atoms with van der Waals surface area (Å²) in [5.41, 5.74) is 0.397. The van der Waals surface area contributed by atoms with Crippen molar-refractivity contribution in [2.45, 2.75) is 46.5 Å². The molecule has 1 unspecified atom stereocenters. The fourth-order valence-electron chi connectivity index (χ4n) is 1.90. The Morgan fingerprint density at radius 1 is 0.957 bits per heavy atom. The first-order valence-corrected chi connectivity index (χ1v) is 8.67. The number of unbranched alkanes of at least 4 members (excludes halogenated alkanes) is 1. The van der Waals surface area contributed by atoms with E-state index in [1.165, 1.54) is 25.7 Å². The van der Waals surface area contributed by atoms with Crippen LogP contribution in [0.3, 0.4) is 0 Å². The second-order valence-electron chi connectivity index (χ2n) is 5.63. The van der Waals surface area contributed by atoms with Gasteiger partial charge in [0, 0.05) is 12.2 Å². The van der Waals surface area contributed by atoms with E-state index < -0.39 is 0 Å². The lowest BCUT2D eigenvalue weighted by Gasteiger charge is -2.14. The average Bonchev–Trinajstić information content (AvgIpc) is 2.54. The van der Waals surface area contributed by atoms with Gasteiger partial charge in [0.1, 0.15) is 6.61 Å². The van der Waals surface area contributed by atoms with Crippen molar-refractivity contribution in [2.24, 2.45) is 5.92 Å². The smallest absolute Gasteiger partial charge is 0.333 e. The Bertz CT molecular complexity index is 304. The minimum atomic E-state index is -0.383. The SMILES string of the molecule is C=C(C)C(=O)OCCOCCOCCOCC(CC)CCCC. The van der Waals surface area contributed by atoms with Gasteiger partial charge in [0.25, 0.3) is 0 Å². The molecule has 0 amide bonds. The van der Waals surface area contributed by atoms with Crippen LogP contribution in [0.4, 0.5) is 0 Å². The minimum absolute atomic E-state index is 0.241. The lowest BCUT2D eigenvalue weighted by atomic mass is 10.0. The summed E-state index contributed by atoms with van der Waals surface area (Å²) in [6, 6.07) is 0. The van der Waals surface area contributed by atoms with Crippen molar-refractivity contribution in [2.75, 3.05) is 46.2 Å². The summed E-state index contributed by atoms with van der Waals surface area (Å²) in [6.45, 7) is 13.2. The second kappa shape index (κ2) is 16.0. The molecule has 0 aliphatic heterocycles. The van der Waals surface area contributed by atoms with Crippen LogP contribution >= 0.6 is 0 Å². The Kier molecular flexibility index (Phi) is 15.3. The van der Waals surface area contributed by atoms with Gasteiger partial charge in [-0.1, -0.05) is 39.7 Å². The molecule has 0 spiro atoms. The molecular formula is C18H34O5. The third-order valence-electron chi connectivity index (χ3n) is 3.45. The Labute approximate surface area is 141 Å². The molecule has 0 fully saturated rings. The zero-order valence-electron chi connectivity index (χ0n) is 15.1. The molecule has 0 aromatic heterocycles. The first-order valence-electron chi connectivity index (χ1n) is 8.67. The molecule has 0 saturated heterocycles. The van der Waals surface area contributed by atoms with Gasteiger partial charge < -0.3 is 18.9 Å². The van der Waals surface area contributed by atoms with E-state index in [0.29, 0.717) is 44.5 Å². The maximum atomic E-state index is 11.1. The van der Waals surface area contributed by atoms with E-state index in [9.17, 15) is 4.79 Å². The molecule has 0 aliphatic rings. The van der Waals surface area contributed by atoms with Gasteiger partial charge in [0.15, 0.2) is 0 Å². The molecular weight excluding hydrogens is 296 g/mol. The zero-order chi connectivity index (χ0) is 17.3. The quantitative estimate of drug-likeness (QED) is 0.247. The van der Waals surface area contributed by atoms with Crippen LogP contribution in [0.1, 0.15) is 46.5 Å². The number of esters is 1. The molecule has 0 bridgehead atoms. The fourth-order valence-corrected chi connectivity index (χ4v) is 1.90. The lowest BCUT2D eigenvalue weighted by molar-refractivity contribution is -0.140. The predicted molar refractivity (Wildman–Crippen MR) is 91.5 cm³/mol. The first-order chi connectivity index (χ1) is 11.1. The largest absolute Gasteiger partial charge is 0.460 e. The van der Waals surface area contributed by atoms with Gasteiger partial charge in [-0.2, -0.15) is 0 Å². The molecule has 5 heteroatoms. The third-order valence-corrected chi connectivity index (χ3v) is 3.45. The summed E-state index contributed by atoms with van der Waals surface area (Å²) in [5, 5.41) is 0. The fraction of sp³-hybridized carbons (Fsp3) is 0.833. The van der Waals surface area contributed by atoms with Crippen molar-refractivity contribution in [1.29, 1.82) is 0 Å². The van der Waals surface area contributed by atoms with Gasteiger partial charge in [-0.05, 0) is 19.3 Å². The zero-order valence-corrected chi connectivity index (χ0v) is 15.1. The molecule has 5 nitrogen and oxygen atoms in total. The van der Waals surface area contributed by atoms with Crippen LogP contribution in [0.15, 0.2) is 12.2 Å². The molecule has 0 N–H and O–H groups in total. The summed E-state index contributed by atoms with van der Waals surface area (Å²) >= 11 is 0. The van der Waals surface area contributed by atoms with Crippen molar-refractivity contribution in [3.8, 4) is 0 Å². The Balaban J connectivity index is 3.27. The van der Waals surface area contributed by atoms with Gasteiger partial charge >= 0.3 is 5.97 Å². The van der Waals surface area contributed by atoms with Crippen molar-refractivity contribution in [3.63, 3.8) is 0 Å². The molecule has 0 aromatic carbocycles. The molecule has 0 radical (unpaired) electrons. The standard InChI is InChI=1S/C18H34O5/c1-5-7-8-17(6-2)15-22-12-11-20-9-10-21-13-14-23-18(19)16(3)4/h17H,3,5-15H2,1-2,4H3. The predicted octanol–water partition coefficient (Wildman–Crippen LogP) is 3.37. The highest BCUT2D eigenvalue weighted by atomic mass is 16.6. The minimum Gasteiger partial charge on any atom is -0.460 e. The average molecular weight is 330 g/mol. The van der Waals surface area contributed by atoms with E-state index >= 15 is 0 Å². The maximum absolute atomic E-state index is 11.1. The highest BCUT2D eigenvalue weighted by Gasteiger charge is 2.05. The summed E-state index contributed by atoms with van der Waals surface area (Å²) < 4.78 is 21.3. The molecule has 0 saturated carbocycles. The van der Waals surface area contributed by atoms with Crippen LogP contribution in [0.25, 0.3) is 0 Å². The lowest BCUT2D eigenvalue weighted by Crippen LogP contribution is -2.15. The van der Waals surface area contributed by atoms with E-state index in [-0.39, 0.29) is 12.6 Å². The Hall–Kier alpha value is -0.910. The van der Waals surface area contributed by atoms with Gasteiger partial charge in [0.2, 0.25) is 0 Å². The number of hydrogen-bond acceptors (Lipinski definition) is 5. The summed E-state index contributed by atoms with van der Waals surface area (Å²) in [5.74, 6) is 0.284. The molecule has 0 rings (SSSR count). The van der Waals surface area contributed by atoms with Crippen molar-refractivity contribution in [1.82, 2.24) is 0 Å². The van der Waals surface area contributed by atoms with E-state index in [1.807, 2.05) is 0 Å². The molecule has 136 valence electrons. The summed E-state index contributed by atoms with van der Waals surface area (Å²) in [4.78, 5) is 11.1. The second-order valence-corrected chi connectivity index (χ2v) is 5.63. The molecule has 23 heavy (non-hydrogen) atoms. The normalized spacial score (nSPS) is 12.1. The summed E-state index contributed by atoms with van der Waals surface area (Å²) in [6.07, 6.45) is 4.94. The Morgan fingerprint density at radius 2 is 1.52 bits per heavy atom. The number of ether oxygens (including phenoxy) is 4. The topological polar surface area (TPSA) is 54.0 Å². The Morgan fingerprint density at radius 3 is 2.04 bits per heavy atom. The first kappa shape index (κ1) is 22.1. The van der Waals surface area contributed by atoms with E-state index in [1.54, 1.807) is 6.92 Å². The number of carbonyl (C=O) groups excluding carboxylic acids is 1. The highest BCUT2D eigenvalue weighted by molar-refractivity contribution is 5.86. The van der Waals surface area contributed by atoms with E-state index in [0.717, 1.165) is 6.61 Å². The van der Waals surface area contributed by atoms with Crippen LogP contribution in [-0.4, -0.2) is 52.2 Å². The number of carbonyl (C=O) groups is 1. The number of hydrogen-bond donors (Lipinski definition) is 0. The van der Waals surface area contributed by atoms with Crippen LogP contribution in [0.2, 0.25) is 0 Å². The van der Waals surface area contributed by atoms with E-state index in [2.05, 4.69) is 20.4 Å². The number of rotatable bonds is 16. The molecule has 0 heterocycles. The van der Waals surface area contributed by atoms with Crippen LogP contribution in [0, 0.1) is 5.92 Å². The summed E-state index contributed by atoms with van der Waals surface area (Å²) in [7, 11) is 0. The van der Waals surface area contributed by atoms with Crippen LogP contribution in [-0.2, 0) is 23.7 Å². The highest BCUT2D eigenvalue weighted by Crippen LogP contribution is 2.12. The molecule has 0 aliphatic carbocycles. The molecule has 0 aromatic rings. The van der Waals surface area contributed by atoms with Gasteiger partial charge in [-0.15, -0.1) is 0 Å². The van der Waals surface area contributed by atoms with Crippen LogP contribution in [0.5, 0.6) is 0 Å². The van der Waals surface area contributed by atoms with Gasteiger partial charge in [-0.3, -0.25) is 0 Å².